The topological polar surface area (TPSA) is 86.8 Å². The van der Waals surface area contributed by atoms with Gasteiger partial charge in [0.05, 0.1) is 26.9 Å². The predicted octanol–water partition coefficient (Wildman–Crippen LogP) is 3.09. The summed E-state index contributed by atoms with van der Waals surface area (Å²) >= 11 is 9.60. The molecule has 9 heteroatoms. The fraction of sp³-hybridized carbons (Fsp3) is 0.143. The molecule has 0 aliphatic heterocycles. The summed E-state index contributed by atoms with van der Waals surface area (Å²) in [5.41, 5.74) is 1.51. The van der Waals surface area contributed by atoms with E-state index in [4.69, 9.17) is 11.6 Å². The number of H-pyrrole nitrogens is 1. The number of rotatable bonds is 3. The van der Waals surface area contributed by atoms with Gasteiger partial charge in [0.2, 0.25) is 5.95 Å². The zero-order chi connectivity index (χ0) is 16.6. The molecule has 0 atom stereocenters. The predicted molar refractivity (Wildman–Crippen MR) is 93.1 cm³/mol. The molecule has 2 N–H and O–H groups in total. The second-order valence-electron chi connectivity index (χ2n) is 4.97. The van der Waals surface area contributed by atoms with Crippen LogP contribution in [0.3, 0.4) is 0 Å². The number of amides is 1. The number of nitrogens with zero attached hydrogens (tertiary/aromatic N) is 4. The maximum absolute atomic E-state index is 12.5. The molecule has 0 aliphatic carbocycles. The highest BCUT2D eigenvalue weighted by atomic mass is 79.9. The van der Waals surface area contributed by atoms with Gasteiger partial charge in [0, 0.05) is 25.7 Å². The largest absolute Gasteiger partial charge is 0.347 e. The number of carbonyl (C=O) groups is 1. The zero-order valence-electron chi connectivity index (χ0n) is 12.3. The van der Waals surface area contributed by atoms with Gasteiger partial charge < -0.3 is 10.2 Å². The number of halogens is 2. The Bertz CT molecular complexity index is 894. The van der Waals surface area contributed by atoms with Gasteiger partial charge in [-0.3, -0.25) is 9.89 Å². The molecular weight excluding hydrogens is 384 g/mol. The Morgan fingerprint density at radius 1 is 1.35 bits per heavy atom. The number of benzene rings is 1. The number of aromatic nitrogens is 4. The van der Waals surface area contributed by atoms with Crippen LogP contribution < -0.4 is 10.2 Å². The third kappa shape index (κ3) is 2.99. The van der Waals surface area contributed by atoms with E-state index in [1.807, 2.05) is 0 Å². The van der Waals surface area contributed by atoms with Crippen molar-refractivity contribution < 1.29 is 4.79 Å². The van der Waals surface area contributed by atoms with Crippen molar-refractivity contribution in [2.24, 2.45) is 0 Å². The summed E-state index contributed by atoms with van der Waals surface area (Å²) in [6, 6.07) is 3.51. The lowest BCUT2D eigenvalue weighted by molar-refractivity contribution is 0.102. The lowest BCUT2D eigenvalue weighted by Crippen LogP contribution is -2.19. The molecule has 0 bridgehead atoms. The third-order valence-corrected chi connectivity index (χ3v) is 4.14. The number of carbonyl (C=O) groups excluding carboxylic acids is 1. The van der Waals surface area contributed by atoms with Gasteiger partial charge >= 0.3 is 0 Å². The van der Waals surface area contributed by atoms with Gasteiger partial charge in [0.15, 0.2) is 0 Å². The van der Waals surface area contributed by atoms with Crippen LogP contribution in [0.5, 0.6) is 0 Å². The average Bonchev–Trinajstić information content (AvgIpc) is 2.99. The van der Waals surface area contributed by atoms with Crippen LogP contribution in [0.2, 0.25) is 5.02 Å². The molecule has 0 spiro atoms. The molecule has 23 heavy (non-hydrogen) atoms. The lowest BCUT2D eigenvalue weighted by atomic mass is 10.2. The molecule has 0 saturated heterocycles. The quantitative estimate of drug-likeness (QED) is 0.711. The summed E-state index contributed by atoms with van der Waals surface area (Å²) in [5.74, 6) is 0.0573. The maximum atomic E-state index is 12.5. The number of anilines is 2. The molecule has 2 heterocycles. The van der Waals surface area contributed by atoms with Crippen LogP contribution in [0.25, 0.3) is 10.9 Å². The first-order valence-electron chi connectivity index (χ1n) is 6.60. The summed E-state index contributed by atoms with van der Waals surface area (Å²) in [5, 5.41) is 10.7. The fourth-order valence-corrected chi connectivity index (χ4v) is 2.63. The average molecular weight is 396 g/mol. The van der Waals surface area contributed by atoms with Crippen LogP contribution in [0.4, 0.5) is 11.6 Å². The highest BCUT2D eigenvalue weighted by molar-refractivity contribution is 9.10. The molecular formula is C14H12BrClN6O. The van der Waals surface area contributed by atoms with E-state index < -0.39 is 0 Å². The number of hydrogen-bond donors (Lipinski definition) is 2. The third-order valence-electron chi connectivity index (χ3n) is 3.15. The van der Waals surface area contributed by atoms with Crippen LogP contribution in [-0.4, -0.2) is 40.2 Å². The van der Waals surface area contributed by atoms with E-state index >= 15 is 0 Å². The van der Waals surface area contributed by atoms with E-state index in [2.05, 4.69) is 41.4 Å². The van der Waals surface area contributed by atoms with Crippen molar-refractivity contribution in [3.63, 3.8) is 0 Å². The zero-order valence-corrected chi connectivity index (χ0v) is 14.6. The fourth-order valence-electron chi connectivity index (χ4n) is 1.99. The van der Waals surface area contributed by atoms with Gasteiger partial charge in [-0.2, -0.15) is 5.10 Å². The summed E-state index contributed by atoms with van der Waals surface area (Å²) in [4.78, 5) is 22.6. The van der Waals surface area contributed by atoms with Gasteiger partial charge in [-0.05, 0) is 28.1 Å². The van der Waals surface area contributed by atoms with Gasteiger partial charge in [0.25, 0.3) is 5.91 Å². The molecule has 3 rings (SSSR count). The van der Waals surface area contributed by atoms with Crippen LogP contribution in [0, 0.1) is 0 Å². The number of fused-ring (bicyclic) bond motifs is 1. The summed E-state index contributed by atoms with van der Waals surface area (Å²) < 4.78 is 0.501. The summed E-state index contributed by atoms with van der Waals surface area (Å²) in [6.45, 7) is 0. The van der Waals surface area contributed by atoms with E-state index in [0.717, 1.165) is 10.9 Å². The van der Waals surface area contributed by atoms with Gasteiger partial charge in [-0.25, -0.2) is 9.97 Å². The Balaban J connectivity index is 1.94. The van der Waals surface area contributed by atoms with E-state index in [-0.39, 0.29) is 11.6 Å². The van der Waals surface area contributed by atoms with Crippen molar-refractivity contribution >= 4 is 56.0 Å². The van der Waals surface area contributed by atoms with Crippen LogP contribution in [-0.2, 0) is 0 Å². The Kier molecular flexibility index (Phi) is 4.18. The van der Waals surface area contributed by atoms with Crippen molar-refractivity contribution in [2.75, 3.05) is 24.3 Å². The summed E-state index contributed by atoms with van der Waals surface area (Å²) in [7, 11) is 3.60. The van der Waals surface area contributed by atoms with E-state index in [0.29, 0.717) is 21.1 Å². The van der Waals surface area contributed by atoms with Gasteiger partial charge in [0.1, 0.15) is 5.69 Å². The molecule has 7 nitrogen and oxygen atoms in total. The van der Waals surface area contributed by atoms with E-state index in [1.54, 1.807) is 37.3 Å². The van der Waals surface area contributed by atoms with Crippen molar-refractivity contribution in [2.45, 2.75) is 0 Å². The number of hydrogen-bond acceptors (Lipinski definition) is 5. The smallest absolute Gasteiger partial charge is 0.275 e. The molecule has 1 amide bonds. The maximum Gasteiger partial charge on any atom is 0.275 e. The van der Waals surface area contributed by atoms with Gasteiger partial charge in [-0.15, -0.1) is 0 Å². The number of aromatic amines is 1. The van der Waals surface area contributed by atoms with Crippen LogP contribution in [0.15, 0.2) is 29.0 Å². The Morgan fingerprint density at radius 3 is 2.87 bits per heavy atom. The van der Waals surface area contributed by atoms with Crippen molar-refractivity contribution in [1.82, 2.24) is 20.2 Å². The van der Waals surface area contributed by atoms with Crippen molar-refractivity contribution in [3.05, 3.63) is 39.7 Å². The first-order chi connectivity index (χ1) is 11.0. The minimum Gasteiger partial charge on any atom is -0.347 e. The Hall–Kier alpha value is -2.19. The molecule has 0 aliphatic rings. The highest BCUT2D eigenvalue weighted by Crippen LogP contribution is 2.30. The minimum atomic E-state index is -0.382. The van der Waals surface area contributed by atoms with Crippen molar-refractivity contribution in [1.29, 1.82) is 0 Å². The minimum absolute atomic E-state index is 0.229. The monoisotopic (exact) mass is 394 g/mol. The SMILES string of the molecule is CN(C)c1ncc(Br)c(C(=O)Nc2ccc3[nH]ncc3c2Cl)n1. The molecule has 118 valence electrons. The van der Waals surface area contributed by atoms with Crippen LogP contribution in [0.1, 0.15) is 10.5 Å². The molecule has 3 aromatic rings. The molecule has 0 radical (unpaired) electrons. The lowest BCUT2D eigenvalue weighted by Gasteiger charge is -2.12. The van der Waals surface area contributed by atoms with Gasteiger partial charge in [-0.1, -0.05) is 11.6 Å². The van der Waals surface area contributed by atoms with E-state index in [1.165, 1.54) is 6.20 Å². The second-order valence-corrected chi connectivity index (χ2v) is 6.21. The number of nitrogens with one attached hydrogen (secondary N) is 2. The second kappa shape index (κ2) is 6.13. The Morgan fingerprint density at radius 2 is 2.13 bits per heavy atom. The molecule has 0 saturated carbocycles. The highest BCUT2D eigenvalue weighted by Gasteiger charge is 2.17. The van der Waals surface area contributed by atoms with Crippen molar-refractivity contribution in [3.8, 4) is 0 Å². The first kappa shape index (κ1) is 15.7. The molecule has 0 fully saturated rings. The Labute approximate surface area is 145 Å². The van der Waals surface area contributed by atoms with E-state index in [9.17, 15) is 4.79 Å². The standard InChI is InChI=1S/C14H12BrClN6O/c1-22(2)14-17-6-8(15)12(20-14)13(23)19-10-4-3-9-7(11(10)16)5-18-21-9/h3-6H,1-2H3,(H,18,21)(H,19,23). The van der Waals surface area contributed by atoms with Crippen LogP contribution >= 0.6 is 27.5 Å². The molecule has 0 unspecified atom stereocenters. The first-order valence-corrected chi connectivity index (χ1v) is 7.77. The summed E-state index contributed by atoms with van der Waals surface area (Å²) in [6.07, 6.45) is 3.15. The molecule has 1 aromatic carbocycles. The normalized spacial score (nSPS) is 10.8. The molecule has 2 aromatic heterocycles.